The van der Waals surface area contributed by atoms with Crippen LogP contribution in [0, 0.1) is 34.0 Å². The molecule has 0 spiro atoms. The standard InChI is InChI=1S/2C9H18O.C8H16O/c1-9(2,3)8-4-6-10-7-5-8;1-9(2,3)8-5-4-6-10-7-8;1-8(2,3)7-4-5-9-6-7/h2*8H,4-7H2,1-3H3;7H,4-6H2,1-3H3. The van der Waals surface area contributed by atoms with Gasteiger partial charge in [-0.2, -0.15) is 0 Å². The van der Waals surface area contributed by atoms with Crippen LogP contribution in [-0.4, -0.2) is 39.6 Å². The van der Waals surface area contributed by atoms with E-state index in [1.807, 2.05) is 0 Å². The van der Waals surface area contributed by atoms with E-state index in [1.165, 1.54) is 32.1 Å². The average molecular weight is 413 g/mol. The van der Waals surface area contributed by atoms with Crippen molar-refractivity contribution in [2.24, 2.45) is 34.0 Å². The molecule has 3 saturated heterocycles. The minimum absolute atomic E-state index is 0.445. The largest absolute Gasteiger partial charge is 0.381 e. The minimum Gasteiger partial charge on any atom is -0.381 e. The van der Waals surface area contributed by atoms with Gasteiger partial charge in [0.2, 0.25) is 0 Å². The molecule has 0 aliphatic carbocycles. The molecule has 0 amide bonds. The number of rotatable bonds is 0. The van der Waals surface area contributed by atoms with Crippen LogP contribution >= 0.6 is 0 Å². The maximum atomic E-state index is 5.41. The summed E-state index contributed by atoms with van der Waals surface area (Å²) in [6.45, 7) is 26.6. The van der Waals surface area contributed by atoms with Crippen molar-refractivity contribution in [3.63, 3.8) is 0 Å². The molecule has 0 aromatic rings. The first-order chi connectivity index (χ1) is 13.3. The highest BCUT2D eigenvalue weighted by atomic mass is 16.5. The van der Waals surface area contributed by atoms with E-state index >= 15 is 0 Å². The Morgan fingerprint density at radius 1 is 0.448 bits per heavy atom. The fourth-order valence-corrected chi connectivity index (χ4v) is 4.20. The van der Waals surface area contributed by atoms with Gasteiger partial charge in [0.05, 0.1) is 0 Å². The second kappa shape index (κ2) is 12.1. The SMILES string of the molecule is CC(C)(C)C1CCCOC1.CC(C)(C)C1CCOC1.CC(C)(C)C1CCOCC1. The van der Waals surface area contributed by atoms with Gasteiger partial charge in [0.15, 0.2) is 0 Å². The molecule has 3 aliphatic rings. The summed E-state index contributed by atoms with van der Waals surface area (Å²) in [7, 11) is 0. The Labute approximate surface area is 182 Å². The van der Waals surface area contributed by atoms with Crippen LogP contribution in [0.4, 0.5) is 0 Å². The summed E-state index contributed by atoms with van der Waals surface area (Å²) in [5.41, 5.74) is 1.39. The maximum absolute atomic E-state index is 5.41. The molecule has 0 radical (unpaired) electrons. The molecular weight excluding hydrogens is 360 g/mol. The summed E-state index contributed by atoms with van der Waals surface area (Å²) in [5.74, 6) is 2.44. The number of ether oxygens (including phenoxy) is 3. The second-order valence-electron chi connectivity index (χ2n) is 12.5. The minimum atomic E-state index is 0.445. The topological polar surface area (TPSA) is 27.7 Å². The quantitative estimate of drug-likeness (QED) is 0.429. The Hall–Kier alpha value is -0.120. The third kappa shape index (κ3) is 11.2. The number of hydrogen-bond acceptors (Lipinski definition) is 3. The maximum Gasteiger partial charge on any atom is 0.0500 e. The van der Waals surface area contributed by atoms with Crippen LogP contribution in [0.25, 0.3) is 0 Å². The summed E-state index contributed by atoms with van der Waals surface area (Å²) >= 11 is 0. The second-order valence-corrected chi connectivity index (χ2v) is 12.5. The van der Waals surface area contributed by atoms with Crippen LogP contribution in [0.2, 0.25) is 0 Å². The molecule has 0 aromatic carbocycles. The van der Waals surface area contributed by atoms with E-state index < -0.39 is 0 Å². The highest BCUT2D eigenvalue weighted by Gasteiger charge is 2.28. The molecule has 2 unspecified atom stereocenters. The van der Waals surface area contributed by atoms with E-state index in [4.69, 9.17) is 14.2 Å². The lowest BCUT2D eigenvalue weighted by Gasteiger charge is -2.33. The molecule has 3 nitrogen and oxygen atoms in total. The summed E-state index contributed by atoms with van der Waals surface area (Å²) in [4.78, 5) is 0. The van der Waals surface area contributed by atoms with E-state index in [0.717, 1.165) is 57.4 Å². The van der Waals surface area contributed by atoms with Crippen molar-refractivity contribution >= 4 is 0 Å². The molecular formula is C26H52O3. The molecule has 0 bridgehead atoms. The summed E-state index contributed by atoms with van der Waals surface area (Å²) in [6.07, 6.45) is 6.36. The molecule has 3 fully saturated rings. The smallest absolute Gasteiger partial charge is 0.0500 e. The first kappa shape index (κ1) is 26.9. The van der Waals surface area contributed by atoms with Crippen LogP contribution in [0.15, 0.2) is 0 Å². The molecule has 0 aromatic heterocycles. The van der Waals surface area contributed by atoms with E-state index in [1.54, 1.807) is 0 Å². The highest BCUT2D eigenvalue weighted by molar-refractivity contribution is 4.77. The number of hydrogen-bond donors (Lipinski definition) is 0. The lowest BCUT2D eigenvalue weighted by atomic mass is 9.76. The fraction of sp³-hybridized carbons (Fsp3) is 1.00. The Morgan fingerprint density at radius 2 is 0.828 bits per heavy atom. The van der Waals surface area contributed by atoms with Gasteiger partial charge in [-0.3, -0.25) is 0 Å². The predicted molar refractivity (Wildman–Crippen MR) is 124 cm³/mol. The molecule has 29 heavy (non-hydrogen) atoms. The molecule has 3 heterocycles. The van der Waals surface area contributed by atoms with Crippen molar-refractivity contribution in [1.29, 1.82) is 0 Å². The first-order valence-electron chi connectivity index (χ1n) is 12.0. The highest BCUT2D eigenvalue weighted by Crippen LogP contribution is 2.34. The molecule has 3 rings (SSSR count). The fourth-order valence-electron chi connectivity index (χ4n) is 4.20. The van der Waals surface area contributed by atoms with E-state index in [2.05, 4.69) is 62.3 Å². The van der Waals surface area contributed by atoms with Crippen LogP contribution in [0.5, 0.6) is 0 Å². The van der Waals surface area contributed by atoms with Gasteiger partial charge in [0.1, 0.15) is 0 Å². The zero-order valence-electron chi connectivity index (χ0n) is 21.2. The van der Waals surface area contributed by atoms with E-state index in [0.29, 0.717) is 16.2 Å². The van der Waals surface area contributed by atoms with Gasteiger partial charge in [0.25, 0.3) is 0 Å². The van der Waals surface area contributed by atoms with Crippen molar-refractivity contribution in [3.05, 3.63) is 0 Å². The van der Waals surface area contributed by atoms with E-state index in [9.17, 15) is 0 Å². The predicted octanol–water partition coefficient (Wildman–Crippen LogP) is 6.99. The van der Waals surface area contributed by atoms with Crippen molar-refractivity contribution in [2.45, 2.75) is 94.4 Å². The molecule has 0 saturated carbocycles. The van der Waals surface area contributed by atoms with E-state index in [-0.39, 0.29) is 0 Å². The monoisotopic (exact) mass is 412 g/mol. The first-order valence-corrected chi connectivity index (χ1v) is 12.0. The normalized spacial score (nSPS) is 26.8. The van der Waals surface area contributed by atoms with Gasteiger partial charge < -0.3 is 14.2 Å². The van der Waals surface area contributed by atoms with Crippen molar-refractivity contribution in [3.8, 4) is 0 Å². The third-order valence-electron chi connectivity index (χ3n) is 6.99. The Morgan fingerprint density at radius 3 is 1.07 bits per heavy atom. The van der Waals surface area contributed by atoms with Gasteiger partial charge in [-0.1, -0.05) is 62.3 Å². The summed E-state index contributed by atoms with van der Waals surface area (Å²) in [6, 6.07) is 0. The zero-order valence-corrected chi connectivity index (χ0v) is 21.2. The molecule has 3 heteroatoms. The van der Waals surface area contributed by atoms with Crippen LogP contribution in [-0.2, 0) is 14.2 Å². The average Bonchev–Trinajstić information content (AvgIpc) is 3.18. The Kier molecular flexibility index (Phi) is 11.2. The van der Waals surface area contributed by atoms with Crippen molar-refractivity contribution < 1.29 is 14.2 Å². The zero-order chi connectivity index (χ0) is 22.1. The third-order valence-corrected chi connectivity index (χ3v) is 6.99. The Bertz CT molecular complexity index is 379. The molecule has 3 aliphatic heterocycles. The van der Waals surface area contributed by atoms with Crippen LogP contribution in [0.3, 0.4) is 0 Å². The van der Waals surface area contributed by atoms with Gasteiger partial charge >= 0.3 is 0 Å². The van der Waals surface area contributed by atoms with Gasteiger partial charge in [-0.05, 0) is 66.1 Å². The molecule has 0 N–H and O–H groups in total. The van der Waals surface area contributed by atoms with Crippen LogP contribution < -0.4 is 0 Å². The lowest BCUT2D eigenvalue weighted by Crippen LogP contribution is -2.29. The van der Waals surface area contributed by atoms with Gasteiger partial charge in [-0.15, -0.1) is 0 Å². The van der Waals surface area contributed by atoms with Gasteiger partial charge in [-0.25, -0.2) is 0 Å². The van der Waals surface area contributed by atoms with Gasteiger partial charge in [0, 0.05) is 39.6 Å². The molecule has 2 atom stereocenters. The summed E-state index contributed by atoms with van der Waals surface area (Å²) in [5, 5.41) is 0. The van der Waals surface area contributed by atoms with Crippen molar-refractivity contribution in [1.82, 2.24) is 0 Å². The lowest BCUT2D eigenvalue weighted by molar-refractivity contribution is 0.0103. The van der Waals surface area contributed by atoms with Crippen LogP contribution in [0.1, 0.15) is 94.4 Å². The molecule has 174 valence electrons. The summed E-state index contributed by atoms with van der Waals surface area (Å²) < 4.78 is 16.0. The Balaban J connectivity index is 0.000000218. The van der Waals surface area contributed by atoms with Crippen molar-refractivity contribution in [2.75, 3.05) is 39.6 Å².